The van der Waals surface area contributed by atoms with Crippen LogP contribution < -0.4 is 5.73 Å². The van der Waals surface area contributed by atoms with E-state index in [0.29, 0.717) is 22.4 Å². The van der Waals surface area contributed by atoms with Crippen molar-refractivity contribution >= 4 is 27.5 Å². The van der Waals surface area contributed by atoms with Crippen LogP contribution >= 0.6 is 8.58 Å². The van der Waals surface area contributed by atoms with Gasteiger partial charge in [0, 0.05) is 11.2 Å². The molecule has 2 N–H and O–H groups in total. The minimum absolute atomic E-state index is 0.0885. The average Bonchev–Trinajstić information content (AvgIpc) is 3.22. The van der Waals surface area contributed by atoms with Crippen LogP contribution in [-0.4, -0.2) is 44.6 Å². The van der Waals surface area contributed by atoms with Crippen molar-refractivity contribution in [3.05, 3.63) is 138 Å². The zero-order valence-electron chi connectivity index (χ0n) is 41.3. The minimum atomic E-state index is -4.36. The van der Waals surface area contributed by atoms with Crippen LogP contribution in [0.15, 0.2) is 92.6 Å². The van der Waals surface area contributed by atoms with Gasteiger partial charge >= 0.3 is 26.4 Å². The molecular weight excluding hydrogens is 782 g/mol. The van der Waals surface area contributed by atoms with Crippen molar-refractivity contribution in [2.24, 2.45) is 5.73 Å². The second kappa shape index (κ2) is 53.8. The summed E-state index contributed by atoms with van der Waals surface area (Å²) in [6.07, 6.45) is 7.13. The number of aryl methyl sites for hydroxylation is 2. The van der Waals surface area contributed by atoms with E-state index in [2.05, 4.69) is 46.3 Å². The minimum Gasteiger partial charge on any atom is -0.331 e. The number of halogens is 6. The van der Waals surface area contributed by atoms with Gasteiger partial charge in [-0.1, -0.05) is 124 Å². The molecule has 0 aliphatic heterocycles. The molecule has 2 atom stereocenters. The fraction of sp³-hybridized carbons (Fsp3) is 0.510. The van der Waals surface area contributed by atoms with Gasteiger partial charge in [0.2, 0.25) is 0 Å². The number of rotatable bonds is 11. The third kappa shape index (κ3) is 44.3. The number of hydrogen-bond acceptors (Lipinski definition) is 1. The van der Waals surface area contributed by atoms with Gasteiger partial charge in [-0.2, -0.15) is 13.2 Å². The maximum Gasteiger partial charge on any atom is 0.416 e. The summed E-state index contributed by atoms with van der Waals surface area (Å²) in [5.41, 5.74) is 10.1. The first kappa shape index (κ1) is 74.2. The van der Waals surface area contributed by atoms with Crippen molar-refractivity contribution < 1.29 is 26.3 Å². The summed E-state index contributed by atoms with van der Waals surface area (Å²) in [6.45, 7) is 54.0. The van der Waals surface area contributed by atoms with Gasteiger partial charge < -0.3 is 5.73 Å². The summed E-state index contributed by atoms with van der Waals surface area (Å²) in [7, 11) is 0.831. The van der Waals surface area contributed by atoms with Crippen molar-refractivity contribution in [2.75, 3.05) is 19.4 Å². The van der Waals surface area contributed by atoms with Gasteiger partial charge in [-0.05, 0) is 126 Å². The van der Waals surface area contributed by atoms with Crippen molar-refractivity contribution in [1.29, 1.82) is 0 Å². The molecule has 0 radical (unpaired) electrons. The number of allylic oxidation sites excluding steroid dienone is 7. The molecule has 2 rings (SSSR count). The van der Waals surface area contributed by atoms with E-state index in [1.807, 2.05) is 94.3 Å². The summed E-state index contributed by atoms with van der Waals surface area (Å²) < 4.78 is 77.3. The zero-order valence-corrected chi connectivity index (χ0v) is 42.3. The number of nitrogens with two attached hydrogens (primary N) is 1. The average molecular weight is 872 g/mol. The van der Waals surface area contributed by atoms with E-state index in [-0.39, 0.29) is 17.8 Å². The summed E-state index contributed by atoms with van der Waals surface area (Å²) in [5.74, 6) is -0.949. The molecule has 2 unspecified atom stereocenters. The number of benzene rings is 2. The van der Waals surface area contributed by atoms with Gasteiger partial charge in [0.25, 0.3) is 0 Å². The van der Waals surface area contributed by atoms with Crippen LogP contribution in [0.4, 0.5) is 26.3 Å². The predicted octanol–water partition coefficient (Wildman–Crippen LogP) is 17.5. The van der Waals surface area contributed by atoms with Crippen molar-refractivity contribution in [3.8, 4) is 0 Å². The summed E-state index contributed by atoms with van der Waals surface area (Å²) in [4.78, 5) is 0. The molecular formula is C51H89BF6NP. The molecule has 9 heteroatoms. The predicted molar refractivity (Wildman–Crippen MR) is 271 cm³/mol. The Morgan fingerprint density at radius 3 is 1.58 bits per heavy atom. The second-order valence-corrected chi connectivity index (χ2v) is 14.0. The normalized spacial score (nSPS) is 9.93. The molecule has 348 valence electrons. The molecule has 0 amide bonds. The van der Waals surface area contributed by atoms with Gasteiger partial charge in [-0.25, -0.2) is 8.78 Å². The van der Waals surface area contributed by atoms with Gasteiger partial charge in [0.15, 0.2) is 0 Å². The molecule has 2 aromatic carbocycles. The first-order chi connectivity index (χ1) is 28.3. The fourth-order valence-corrected chi connectivity index (χ4v) is 5.05. The summed E-state index contributed by atoms with van der Waals surface area (Å²) in [5, 5.41) is 0. The summed E-state index contributed by atoms with van der Waals surface area (Å²) >= 11 is 0. The smallest absolute Gasteiger partial charge is 0.331 e. The number of unbranched alkanes of at least 4 members (excludes halogenated alkanes) is 1. The van der Waals surface area contributed by atoms with Gasteiger partial charge in [-0.3, -0.25) is 4.39 Å². The Hall–Kier alpha value is -3.22. The summed E-state index contributed by atoms with van der Waals surface area (Å²) in [6, 6.07) is 6.37. The molecule has 0 fully saturated rings. The van der Waals surface area contributed by atoms with Crippen LogP contribution in [0.1, 0.15) is 136 Å². The third-order valence-electron chi connectivity index (χ3n) is 6.78. The molecule has 60 heavy (non-hydrogen) atoms. The largest absolute Gasteiger partial charge is 0.416 e. The Kier molecular flexibility index (Phi) is 66.6. The van der Waals surface area contributed by atoms with Gasteiger partial charge in [0.05, 0.1) is 12.2 Å². The molecule has 0 aliphatic rings. The van der Waals surface area contributed by atoms with Crippen LogP contribution in [0, 0.1) is 39.3 Å². The van der Waals surface area contributed by atoms with E-state index >= 15 is 0 Å². The Morgan fingerprint density at radius 1 is 0.850 bits per heavy atom. The number of hydrogen-bond donors (Lipinski definition) is 1. The molecule has 2 aromatic rings. The van der Waals surface area contributed by atoms with Crippen molar-refractivity contribution in [2.45, 2.75) is 155 Å². The monoisotopic (exact) mass is 872 g/mol. The molecule has 0 bridgehead atoms. The SMILES string of the molecule is C=BC.C=C.C=CC=C.C=CCCCc1c(C)ccc(/C(C)=C(/C=C(C)C)C(F)(F)F)c1C.CC.CC.CC.CCCPC(C)CF.CCN.Cc1cc(F)c(C)c(F)c1. The molecule has 1 nitrogen and oxygen atoms in total. The second-order valence-electron chi connectivity index (χ2n) is 12.1. The van der Waals surface area contributed by atoms with Crippen LogP contribution in [0.2, 0.25) is 6.82 Å². The van der Waals surface area contributed by atoms with E-state index < -0.39 is 23.4 Å². The fourth-order valence-electron chi connectivity index (χ4n) is 4.16. The topological polar surface area (TPSA) is 26.0 Å². The Bertz CT molecular complexity index is 1350. The first-order valence-corrected chi connectivity index (χ1v) is 22.4. The Morgan fingerprint density at radius 2 is 1.27 bits per heavy atom. The Labute approximate surface area is 370 Å². The molecule has 0 aliphatic carbocycles. The number of alkyl halides is 4. The maximum absolute atomic E-state index is 13.5. The molecule has 0 spiro atoms. The van der Waals surface area contributed by atoms with E-state index in [1.54, 1.807) is 46.8 Å². The van der Waals surface area contributed by atoms with Crippen LogP contribution in [-0.2, 0) is 6.42 Å². The molecule has 0 saturated heterocycles. The van der Waals surface area contributed by atoms with Crippen LogP contribution in [0.5, 0.6) is 0 Å². The zero-order chi connectivity index (χ0) is 49.4. The van der Waals surface area contributed by atoms with E-state index in [0.717, 1.165) is 51.1 Å². The van der Waals surface area contributed by atoms with E-state index in [4.69, 9.17) is 5.73 Å². The standard InChI is InChI=1S/C21H27F3.C8H8F2.C6H14FP.C4H6.C2H5B.C2H7N.3C2H6.C2H4/c1-7-8-9-10-18-15(4)11-12-19(16(18)5)17(6)20(13-14(2)3)21(22,23)24;1-5-3-7(9)6(2)8(10)4-5;1-3-4-8-6(2)5-7;1-3-4-2;1-3-2;1-2-3;4*1-2/h7,11-13H,1,8-10H2,2-6H3;3-4H,1-2H3;6,8H,3-5H2,1-2H3;3-4H,1-2H2;1H2,2H3;2-3H2,1H3;3*1-2H3;1-2H2/b20-17-;;;;;;;;;. The third-order valence-corrected chi connectivity index (χ3v) is 8.42. The first-order valence-electron chi connectivity index (χ1n) is 21.1. The van der Waals surface area contributed by atoms with Gasteiger partial charge in [-0.15, -0.1) is 28.3 Å². The molecule has 0 heterocycles. The van der Waals surface area contributed by atoms with Crippen LogP contribution in [0.3, 0.4) is 0 Å². The molecule has 0 saturated carbocycles. The van der Waals surface area contributed by atoms with E-state index in [1.165, 1.54) is 37.7 Å². The Balaban J connectivity index is -0.000000103. The molecule has 0 aromatic heterocycles. The van der Waals surface area contributed by atoms with Crippen molar-refractivity contribution in [3.63, 3.8) is 0 Å². The van der Waals surface area contributed by atoms with Gasteiger partial charge in [0.1, 0.15) is 11.6 Å². The van der Waals surface area contributed by atoms with E-state index in [9.17, 15) is 26.3 Å². The van der Waals surface area contributed by atoms with Crippen LogP contribution in [0.25, 0.3) is 5.57 Å². The quantitative estimate of drug-likeness (QED) is 0.0597. The maximum atomic E-state index is 13.5. The van der Waals surface area contributed by atoms with Crippen molar-refractivity contribution in [1.82, 2.24) is 0 Å².